The SMILES string of the molecule is COc1ccc(NC=C2COC(C)(C)OC2)cc1Cl. The van der Waals surface area contributed by atoms with Gasteiger partial charge >= 0.3 is 0 Å². The van der Waals surface area contributed by atoms with Crippen LogP contribution >= 0.6 is 11.6 Å². The summed E-state index contributed by atoms with van der Waals surface area (Å²) in [7, 11) is 1.59. The molecule has 0 amide bonds. The van der Waals surface area contributed by atoms with Crippen molar-refractivity contribution < 1.29 is 14.2 Å². The zero-order valence-corrected chi connectivity index (χ0v) is 12.1. The molecule has 0 atom stereocenters. The van der Waals surface area contributed by atoms with E-state index in [-0.39, 0.29) is 0 Å². The summed E-state index contributed by atoms with van der Waals surface area (Å²) in [6.45, 7) is 4.93. The van der Waals surface area contributed by atoms with E-state index in [1.54, 1.807) is 7.11 Å². The molecule has 0 aromatic heterocycles. The minimum Gasteiger partial charge on any atom is -0.495 e. The van der Waals surface area contributed by atoms with E-state index < -0.39 is 5.79 Å². The topological polar surface area (TPSA) is 39.7 Å². The van der Waals surface area contributed by atoms with Gasteiger partial charge in [0.2, 0.25) is 0 Å². The number of anilines is 1. The van der Waals surface area contributed by atoms with Crippen molar-refractivity contribution in [3.63, 3.8) is 0 Å². The van der Waals surface area contributed by atoms with Crippen LogP contribution in [0.5, 0.6) is 5.75 Å². The molecule has 0 radical (unpaired) electrons. The highest BCUT2D eigenvalue weighted by atomic mass is 35.5. The van der Waals surface area contributed by atoms with Gasteiger partial charge in [-0.2, -0.15) is 0 Å². The van der Waals surface area contributed by atoms with Gasteiger partial charge in [-0.15, -0.1) is 0 Å². The lowest BCUT2D eigenvalue weighted by atomic mass is 10.2. The zero-order valence-electron chi connectivity index (χ0n) is 11.3. The van der Waals surface area contributed by atoms with Gasteiger partial charge in [-0.05, 0) is 37.6 Å². The highest BCUT2D eigenvalue weighted by molar-refractivity contribution is 6.32. The molecular formula is C14H18ClNO3. The lowest BCUT2D eigenvalue weighted by Crippen LogP contribution is -2.35. The summed E-state index contributed by atoms with van der Waals surface area (Å²) in [4.78, 5) is 0. The lowest BCUT2D eigenvalue weighted by Gasteiger charge is -2.31. The Balaban J connectivity index is 1.97. The lowest BCUT2D eigenvalue weighted by molar-refractivity contribution is -0.225. The molecule has 0 unspecified atom stereocenters. The second-order valence-corrected chi connectivity index (χ2v) is 5.18. The summed E-state index contributed by atoms with van der Waals surface area (Å²) in [6, 6.07) is 5.53. The maximum absolute atomic E-state index is 6.05. The number of benzene rings is 1. The summed E-state index contributed by atoms with van der Waals surface area (Å²) < 4.78 is 16.2. The molecule has 1 heterocycles. The van der Waals surface area contributed by atoms with Crippen LogP contribution in [0.15, 0.2) is 30.0 Å². The largest absolute Gasteiger partial charge is 0.495 e. The fraction of sp³-hybridized carbons (Fsp3) is 0.429. The molecule has 0 saturated carbocycles. The number of rotatable bonds is 3. The summed E-state index contributed by atoms with van der Waals surface area (Å²) in [5.74, 6) is 0.159. The summed E-state index contributed by atoms with van der Waals surface area (Å²) >= 11 is 6.05. The van der Waals surface area contributed by atoms with Crippen molar-refractivity contribution in [2.24, 2.45) is 0 Å². The third-order valence-electron chi connectivity index (χ3n) is 2.81. The standard InChI is InChI=1S/C14H18ClNO3/c1-14(2)18-8-10(9-19-14)7-16-11-4-5-13(17-3)12(15)6-11/h4-7,16H,8-9H2,1-3H3. The normalized spacial score (nSPS) is 18.0. The van der Waals surface area contributed by atoms with E-state index in [1.807, 2.05) is 38.2 Å². The molecule has 0 spiro atoms. The molecular weight excluding hydrogens is 266 g/mol. The quantitative estimate of drug-likeness (QED) is 0.923. The van der Waals surface area contributed by atoms with E-state index in [4.69, 9.17) is 25.8 Å². The van der Waals surface area contributed by atoms with Crippen molar-refractivity contribution in [3.05, 3.63) is 35.0 Å². The first-order valence-electron chi connectivity index (χ1n) is 6.06. The van der Waals surface area contributed by atoms with Crippen LogP contribution in [0.3, 0.4) is 0 Å². The molecule has 1 aromatic carbocycles. The monoisotopic (exact) mass is 283 g/mol. The third-order valence-corrected chi connectivity index (χ3v) is 3.10. The van der Waals surface area contributed by atoms with E-state index in [1.165, 1.54) is 0 Å². The average molecular weight is 284 g/mol. The number of hydrogen-bond donors (Lipinski definition) is 1. The van der Waals surface area contributed by atoms with E-state index in [0.29, 0.717) is 24.0 Å². The van der Waals surface area contributed by atoms with Gasteiger partial charge < -0.3 is 19.5 Å². The van der Waals surface area contributed by atoms with E-state index in [2.05, 4.69) is 5.32 Å². The Morgan fingerprint density at radius 3 is 2.58 bits per heavy atom. The number of nitrogens with one attached hydrogen (secondary N) is 1. The molecule has 1 aromatic rings. The van der Waals surface area contributed by atoms with Crippen molar-refractivity contribution >= 4 is 17.3 Å². The fourth-order valence-electron chi connectivity index (χ4n) is 1.64. The highest BCUT2D eigenvalue weighted by Crippen LogP contribution is 2.27. The van der Waals surface area contributed by atoms with Crippen molar-refractivity contribution in [3.8, 4) is 5.75 Å². The van der Waals surface area contributed by atoms with Crippen LogP contribution in [0.25, 0.3) is 0 Å². The van der Waals surface area contributed by atoms with E-state index in [0.717, 1.165) is 11.3 Å². The van der Waals surface area contributed by atoms with Gasteiger partial charge in [0.05, 0.1) is 25.3 Å². The maximum atomic E-state index is 6.05. The predicted molar refractivity (Wildman–Crippen MR) is 75.7 cm³/mol. The Morgan fingerprint density at radius 1 is 1.32 bits per heavy atom. The summed E-state index contributed by atoms with van der Waals surface area (Å²) in [5, 5.41) is 3.74. The number of ether oxygens (including phenoxy) is 3. The van der Waals surface area contributed by atoms with E-state index >= 15 is 0 Å². The Bertz CT molecular complexity index is 474. The first-order chi connectivity index (χ1) is 9.00. The van der Waals surface area contributed by atoms with Gasteiger partial charge in [0.15, 0.2) is 5.79 Å². The number of hydrogen-bond acceptors (Lipinski definition) is 4. The zero-order chi connectivity index (χ0) is 13.9. The molecule has 1 N–H and O–H groups in total. The Kier molecular flexibility index (Phi) is 4.34. The van der Waals surface area contributed by atoms with Gasteiger partial charge in [0, 0.05) is 11.9 Å². The molecule has 1 saturated heterocycles. The van der Waals surface area contributed by atoms with E-state index in [9.17, 15) is 0 Å². The van der Waals surface area contributed by atoms with Crippen molar-refractivity contribution in [2.75, 3.05) is 25.6 Å². The molecule has 2 rings (SSSR count). The molecule has 1 aliphatic heterocycles. The molecule has 0 bridgehead atoms. The summed E-state index contributed by atoms with van der Waals surface area (Å²) in [5.41, 5.74) is 1.94. The minimum atomic E-state index is -0.499. The Labute approximate surface area is 118 Å². The van der Waals surface area contributed by atoms with Crippen molar-refractivity contribution in [1.82, 2.24) is 0 Å². The molecule has 1 aliphatic rings. The molecule has 19 heavy (non-hydrogen) atoms. The molecule has 0 aliphatic carbocycles. The Morgan fingerprint density at radius 2 is 2.00 bits per heavy atom. The highest BCUT2D eigenvalue weighted by Gasteiger charge is 2.24. The van der Waals surface area contributed by atoms with Crippen molar-refractivity contribution in [1.29, 1.82) is 0 Å². The number of methoxy groups -OCH3 is 1. The van der Waals surface area contributed by atoms with Crippen LogP contribution in [0.1, 0.15) is 13.8 Å². The first-order valence-corrected chi connectivity index (χ1v) is 6.44. The first kappa shape index (κ1) is 14.2. The van der Waals surface area contributed by atoms with Crippen LogP contribution in [-0.4, -0.2) is 26.1 Å². The smallest absolute Gasteiger partial charge is 0.163 e. The van der Waals surface area contributed by atoms with Crippen LogP contribution < -0.4 is 10.1 Å². The molecule has 1 fully saturated rings. The second-order valence-electron chi connectivity index (χ2n) is 4.77. The molecule has 104 valence electrons. The average Bonchev–Trinajstić information content (AvgIpc) is 2.38. The minimum absolute atomic E-state index is 0.499. The third kappa shape index (κ3) is 3.86. The van der Waals surface area contributed by atoms with Gasteiger partial charge in [-0.1, -0.05) is 11.6 Å². The van der Waals surface area contributed by atoms with Crippen LogP contribution in [0.4, 0.5) is 5.69 Å². The second kappa shape index (κ2) is 5.82. The van der Waals surface area contributed by atoms with Crippen LogP contribution in [-0.2, 0) is 9.47 Å². The van der Waals surface area contributed by atoms with Gasteiger partial charge in [-0.25, -0.2) is 0 Å². The van der Waals surface area contributed by atoms with Crippen LogP contribution in [0.2, 0.25) is 5.02 Å². The Hall–Kier alpha value is -1.23. The number of halogens is 1. The fourth-order valence-corrected chi connectivity index (χ4v) is 1.90. The van der Waals surface area contributed by atoms with Gasteiger partial charge in [0.1, 0.15) is 5.75 Å². The van der Waals surface area contributed by atoms with Crippen molar-refractivity contribution in [2.45, 2.75) is 19.6 Å². The van der Waals surface area contributed by atoms with Gasteiger partial charge in [0.25, 0.3) is 0 Å². The molecule has 4 nitrogen and oxygen atoms in total. The predicted octanol–water partition coefficient (Wildman–Crippen LogP) is 3.43. The summed E-state index contributed by atoms with van der Waals surface area (Å²) in [6.07, 6.45) is 1.88. The molecule has 5 heteroatoms. The van der Waals surface area contributed by atoms with Gasteiger partial charge in [-0.3, -0.25) is 0 Å². The maximum Gasteiger partial charge on any atom is 0.163 e. The van der Waals surface area contributed by atoms with Crippen LogP contribution in [0, 0.1) is 0 Å².